The molecule has 2 aliphatic rings. The van der Waals surface area contributed by atoms with Crippen molar-refractivity contribution in [3.8, 4) is 16.9 Å². The molecule has 3 aromatic heterocycles. The minimum absolute atomic E-state index is 0.0213. The predicted octanol–water partition coefficient (Wildman–Crippen LogP) is 4.42. The van der Waals surface area contributed by atoms with Crippen LogP contribution in [0, 0.1) is 0 Å². The molecule has 37 heavy (non-hydrogen) atoms. The molecule has 1 aliphatic carbocycles. The van der Waals surface area contributed by atoms with E-state index < -0.39 is 0 Å². The third-order valence-corrected chi connectivity index (χ3v) is 8.14. The van der Waals surface area contributed by atoms with Crippen molar-refractivity contribution in [2.75, 3.05) is 20.3 Å². The summed E-state index contributed by atoms with van der Waals surface area (Å²) >= 11 is 0. The zero-order chi connectivity index (χ0) is 25.5. The first kappa shape index (κ1) is 24.2. The summed E-state index contributed by atoms with van der Waals surface area (Å²) in [6.07, 6.45) is 9.89. The van der Waals surface area contributed by atoms with E-state index in [0.29, 0.717) is 23.5 Å². The number of rotatable bonds is 6. The first-order valence-corrected chi connectivity index (χ1v) is 13.5. The van der Waals surface area contributed by atoms with Crippen LogP contribution in [-0.4, -0.2) is 56.6 Å². The number of pyridine rings is 1. The first-order chi connectivity index (χ1) is 18.0. The molecule has 0 amide bonds. The Morgan fingerprint density at radius 1 is 1.08 bits per heavy atom. The molecular formula is C28H36N6O3. The number of ether oxygens (including phenoxy) is 2. The highest BCUT2D eigenvalue weighted by Crippen LogP contribution is 2.37. The lowest BCUT2D eigenvalue weighted by Gasteiger charge is -2.34. The summed E-state index contributed by atoms with van der Waals surface area (Å²) < 4.78 is 14.9. The average Bonchev–Trinajstić information content (AvgIpc) is 3.51. The van der Waals surface area contributed by atoms with E-state index in [4.69, 9.17) is 9.47 Å². The number of H-pyrrole nitrogens is 1. The molecular weight excluding hydrogens is 468 g/mol. The fourth-order valence-electron chi connectivity index (χ4n) is 6.17. The Morgan fingerprint density at radius 2 is 1.84 bits per heavy atom. The molecule has 1 aliphatic heterocycles. The van der Waals surface area contributed by atoms with Gasteiger partial charge in [0.05, 0.1) is 18.1 Å². The Hall–Kier alpha value is -3.17. The van der Waals surface area contributed by atoms with E-state index in [1.54, 1.807) is 11.6 Å². The van der Waals surface area contributed by atoms with Crippen molar-refractivity contribution < 1.29 is 9.47 Å². The molecule has 2 N–H and O–H groups in total. The van der Waals surface area contributed by atoms with Crippen molar-refractivity contribution in [1.29, 1.82) is 0 Å². The highest BCUT2D eigenvalue weighted by molar-refractivity contribution is 5.85. The van der Waals surface area contributed by atoms with Crippen LogP contribution in [0.2, 0.25) is 0 Å². The number of aromatic nitrogens is 5. The van der Waals surface area contributed by atoms with E-state index in [-0.39, 0.29) is 17.6 Å². The van der Waals surface area contributed by atoms with Crippen molar-refractivity contribution in [2.45, 2.75) is 76.4 Å². The fourth-order valence-corrected chi connectivity index (χ4v) is 6.17. The van der Waals surface area contributed by atoms with Gasteiger partial charge in [-0.15, -0.1) is 0 Å². The second kappa shape index (κ2) is 9.95. The van der Waals surface area contributed by atoms with Gasteiger partial charge in [0.2, 0.25) is 0 Å². The molecule has 1 saturated carbocycles. The van der Waals surface area contributed by atoms with Crippen molar-refractivity contribution in [3.63, 3.8) is 0 Å². The van der Waals surface area contributed by atoms with Gasteiger partial charge in [0.1, 0.15) is 6.33 Å². The second-order valence-corrected chi connectivity index (χ2v) is 10.8. The number of benzene rings is 1. The van der Waals surface area contributed by atoms with E-state index in [1.165, 1.54) is 11.9 Å². The van der Waals surface area contributed by atoms with Gasteiger partial charge in [-0.3, -0.25) is 4.57 Å². The zero-order valence-corrected chi connectivity index (χ0v) is 21.9. The van der Waals surface area contributed by atoms with Crippen LogP contribution in [0.15, 0.2) is 35.5 Å². The Labute approximate surface area is 216 Å². The Bertz CT molecular complexity index is 1450. The minimum atomic E-state index is -0.0213. The maximum atomic E-state index is 13.2. The molecule has 4 aromatic rings. The summed E-state index contributed by atoms with van der Waals surface area (Å²) in [5, 5.41) is 8.17. The van der Waals surface area contributed by atoms with Crippen molar-refractivity contribution in [1.82, 2.24) is 29.5 Å². The summed E-state index contributed by atoms with van der Waals surface area (Å²) in [5.74, 6) is 0.941. The molecule has 0 bridgehead atoms. The number of nitrogens with one attached hydrogen (secondary N) is 2. The molecule has 0 atom stereocenters. The van der Waals surface area contributed by atoms with Gasteiger partial charge in [-0.1, -0.05) is 13.8 Å². The lowest BCUT2D eigenvalue weighted by atomic mass is 9.89. The standard InChI is InChI=1S/C28H36N6O3/c1-17(2)22-14-25-24(13-23(22)18-12-26(36-3)27-29-16-30-33(27)15-18)32-28(35)34(25)21-6-4-19(5-7-21)31-20-8-10-37-11-9-20/h12-17,19-21,31H,4-11H2,1-3H3,(H,32,35)/t19-,21+. The maximum absolute atomic E-state index is 13.2. The number of nitrogens with zero attached hydrogens (tertiary/aromatic N) is 4. The summed E-state index contributed by atoms with van der Waals surface area (Å²) in [4.78, 5) is 20.7. The number of hydrogen-bond donors (Lipinski definition) is 2. The van der Waals surface area contributed by atoms with E-state index in [9.17, 15) is 4.79 Å². The molecule has 1 aromatic carbocycles. The maximum Gasteiger partial charge on any atom is 0.326 e. The van der Waals surface area contributed by atoms with Crippen LogP contribution >= 0.6 is 0 Å². The summed E-state index contributed by atoms with van der Waals surface area (Å²) in [5.41, 5.74) is 5.75. The van der Waals surface area contributed by atoms with Gasteiger partial charge in [-0.05, 0) is 73.8 Å². The third-order valence-electron chi connectivity index (χ3n) is 8.14. The second-order valence-electron chi connectivity index (χ2n) is 10.8. The Morgan fingerprint density at radius 3 is 2.57 bits per heavy atom. The normalized spacial score (nSPS) is 21.3. The van der Waals surface area contributed by atoms with Gasteiger partial charge in [0.15, 0.2) is 11.4 Å². The van der Waals surface area contributed by atoms with E-state index in [0.717, 1.165) is 73.9 Å². The topological polar surface area (TPSA) is 98.5 Å². The first-order valence-electron chi connectivity index (χ1n) is 13.5. The van der Waals surface area contributed by atoms with Crippen LogP contribution in [0.3, 0.4) is 0 Å². The van der Waals surface area contributed by atoms with Crippen molar-refractivity contribution in [3.05, 3.63) is 46.8 Å². The van der Waals surface area contributed by atoms with Crippen LogP contribution in [0.4, 0.5) is 0 Å². The number of fused-ring (bicyclic) bond motifs is 2. The van der Waals surface area contributed by atoms with Crippen molar-refractivity contribution >= 4 is 16.7 Å². The lowest BCUT2D eigenvalue weighted by molar-refractivity contribution is 0.0724. The van der Waals surface area contributed by atoms with E-state index in [1.807, 2.05) is 16.8 Å². The monoisotopic (exact) mass is 504 g/mol. The molecule has 6 rings (SSSR count). The smallest absolute Gasteiger partial charge is 0.326 e. The van der Waals surface area contributed by atoms with Gasteiger partial charge in [-0.25, -0.2) is 14.3 Å². The molecule has 4 heterocycles. The molecule has 0 unspecified atom stereocenters. The molecule has 9 heteroatoms. The summed E-state index contributed by atoms with van der Waals surface area (Å²) in [6.45, 7) is 6.10. The zero-order valence-electron chi connectivity index (χ0n) is 21.9. The lowest BCUT2D eigenvalue weighted by Crippen LogP contribution is -2.43. The van der Waals surface area contributed by atoms with Crippen LogP contribution in [0.5, 0.6) is 5.75 Å². The SMILES string of the molecule is COc1cc(-c2cc3[nH]c(=O)n([C@H]4CC[C@@H](NC5CCOCC5)CC4)c3cc2C(C)C)cn2ncnc12. The largest absolute Gasteiger partial charge is 0.493 e. The van der Waals surface area contributed by atoms with Gasteiger partial charge in [0.25, 0.3) is 0 Å². The minimum Gasteiger partial charge on any atom is -0.493 e. The number of aromatic amines is 1. The number of imidazole rings is 1. The molecule has 9 nitrogen and oxygen atoms in total. The highest BCUT2D eigenvalue weighted by Gasteiger charge is 2.27. The predicted molar refractivity (Wildman–Crippen MR) is 143 cm³/mol. The van der Waals surface area contributed by atoms with Crippen LogP contribution in [0.25, 0.3) is 27.8 Å². The average molecular weight is 505 g/mol. The number of hydrogen-bond acceptors (Lipinski definition) is 6. The quantitative estimate of drug-likeness (QED) is 0.403. The summed E-state index contributed by atoms with van der Waals surface area (Å²) in [7, 11) is 1.64. The fraction of sp³-hybridized carbons (Fsp3) is 0.536. The Balaban J connectivity index is 1.32. The van der Waals surface area contributed by atoms with Gasteiger partial charge in [0, 0.05) is 43.1 Å². The summed E-state index contributed by atoms with van der Waals surface area (Å²) in [6, 6.07) is 7.62. The van der Waals surface area contributed by atoms with E-state index in [2.05, 4.69) is 46.4 Å². The molecule has 2 fully saturated rings. The molecule has 196 valence electrons. The van der Waals surface area contributed by atoms with Gasteiger partial charge >= 0.3 is 5.69 Å². The third kappa shape index (κ3) is 4.55. The molecule has 1 saturated heterocycles. The van der Waals surface area contributed by atoms with Crippen LogP contribution < -0.4 is 15.7 Å². The highest BCUT2D eigenvalue weighted by atomic mass is 16.5. The van der Waals surface area contributed by atoms with E-state index >= 15 is 0 Å². The molecule has 0 radical (unpaired) electrons. The van der Waals surface area contributed by atoms with Crippen LogP contribution in [-0.2, 0) is 4.74 Å². The molecule has 0 spiro atoms. The Kier molecular flexibility index (Phi) is 6.50. The van der Waals surface area contributed by atoms with Crippen LogP contribution in [0.1, 0.15) is 69.9 Å². The van der Waals surface area contributed by atoms with Gasteiger partial charge in [-0.2, -0.15) is 5.10 Å². The van der Waals surface area contributed by atoms with Crippen molar-refractivity contribution in [2.24, 2.45) is 0 Å². The number of methoxy groups -OCH3 is 1. The van der Waals surface area contributed by atoms with Gasteiger partial charge < -0.3 is 19.8 Å².